The number of halogens is 2. The SMILES string of the molecule is NCC1CC2(C1)CC(NC(=O)c1cc(Cl)c(Br)[nH]1)CCS2(=O)=O. The monoisotopic (exact) mass is 423 g/mol. The molecule has 0 aromatic carbocycles. The topological polar surface area (TPSA) is 105 Å². The number of H-pyrrole nitrogens is 1. The summed E-state index contributed by atoms with van der Waals surface area (Å²) in [4.78, 5) is 15.1. The number of sulfone groups is 1. The molecule has 23 heavy (non-hydrogen) atoms. The normalized spacial score (nSPS) is 32.5. The molecule has 0 radical (unpaired) electrons. The van der Waals surface area contributed by atoms with Crippen molar-refractivity contribution in [1.29, 1.82) is 0 Å². The minimum Gasteiger partial charge on any atom is -0.348 e. The molecular weight excluding hydrogens is 406 g/mol. The molecule has 1 atom stereocenters. The van der Waals surface area contributed by atoms with Crippen LogP contribution in [-0.4, -0.2) is 42.4 Å². The highest BCUT2D eigenvalue weighted by molar-refractivity contribution is 9.10. The van der Waals surface area contributed by atoms with Crippen molar-refractivity contribution in [3.05, 3.63) is 21.4 Å². The predicted molar refractivity (Wildman–Crippen MR) is 92.3 cm³/mol. The van der Waals surface area contributed by atoms with Gasteiger partial charge in [0.15, 0.2) is 9.84 Å². The van der Waals surface area contributed by atoms with Crippen LogP contribution < -0.4 is 11.1 Å². The second kappa shape index (κ2) is 6.06. The van der Waals surface area contributed by atoms with E-state index in [1.807, 2.05) is 0 Å². The van der Waals surface area contributed by atoms with Crippen LogP contribution >= 0.6 is 27.5 Å². The number of aromatic amines is 1. The molecule has 1 saturated carbocycles. The molecule has 1 unspecified atom stereocenters. The van der Waals surface area contributed by atoms with Gasteiger partial charge in [0, 0.05) is 6.04 Å². The van der Waals surface area contributed by atoms with E-state index >= 15 is 0 Å². The maximum Gasteiger partial charge on any atom is 0.267 e. The molecule has 2 fully saturated rings. The van der Waals surface area contributed by atoms with Crippen molar-refractivity contribution in [3.63, 3.8) is 0 Å². The Hall–Kier alpha value is -0.570. The molecule has 1 amide bonds. The summed E-state index contributed by atoms with van der Waals surface area (Å²) >= 11 is 9.13. The van der Waals surface area contributed by atoms with Crippen LogP contribution in [0.3, 0.4) is 0 Å². The number of hydrogen-bond donors (Lipinski definition) is 3. The first kappa shape index (κ1) is 17.3. The summed E-state index contributed by atoms with van der Waals surface area (Å²) in [5, 5.41) is 3.36. The van der Waals surface area contributed by atoms with E-state index in [4.69, 9.17) is 17.3 Å². The van der Waals surface area contributed by atoms with Crippen molar-refractivity contribution in [2.24, 2.45) is 11.7 Å². The van der Waals surface area contributed by atoms with Crippen LogP contribution in [0, 0.1) is 5.92 Å². The zero-order chi connectivity index (χ0) is 16.8. The standard InChI is InChI=1S/C14H19BrClN3O3S/c15-12-10(16)3-11(19-12)13(20)18-9-1-2-23(21,22)14(6-9)4-8(5-14)7-17/h3,8-9,19H,1-2,4-7,17H2,(H,18,20). The number of rotatable bonds is 3. The van der Waals surface area contributed by atoms with Crippen molar-refractivity contribution < 1.29 is 13.2 Å². The molecule has 1 aromatic heterocycles. The van der Waals surface area contributed by atoms with E-state index in [1.54, 1.807) is 6.07 Å². The zero-order valence-electron chi connectivity index (χ0n) is 12.4. The first-order chi connectivity index (χ1) is 10.8. The summed E-state index contributed by atoms with van der Waals surface area (Å²) in [7, 11) is -3.11. The Morgan fingerprint density at radius 3 is 2.74 bits per heavy atom. The molecule has 2 heterocycles. The molecule has 0 bridgehead atoms. The largest absolute Gasteiger partial charge is 0.348 e. The molecule has 1 aromatic rings. The van der Waals surface area contributed by atoms with E-state index in [1.165, 1.54) is 0 Å². The molecule has 3 rings (SSSR count). The van der Waals surface area contributed by atoms with Gasteiger partial charge in [0.05, 0.1) is 15.5 Å². The molecule has 4 N–H and O–H groups in total. The fourth-order valence-corrected chi connectivity index (χ4v) is 6.63. The van der Waals surface area contributed by atoms with Gasteiger partial charge >= 0.3 is 0 Å². The van der Waals surface area contributed by atoms with Crippen LogP contribution in [-0.2, 0) is 9.84 Å². The van der Waals surface area contributed by atoms with Crippen LogP contribution in [0.15, 0.2) is 10.7 Å². The van der Waals surface area contributed by atoms with Gasteiger partial charge in [0.2, 0.25) is 0 Å². The number of carbonyl (C=O) groups excluding carboxylic acids is 1. The lowest BCUT2D eigenvalue weighted by molar-refractivity contribution is 0.0912. The quantitative estimate of drug-likeness (QED) is 0.688. The van der Waals surface area contributed by atoms with E-state index in [0.29, 0.717) is 47.5 Å². The first-order valence-electron chi connectivity index (χ1n) is 7.53. The Labute approximate surface area is 148 Å². The average molecular weight is 425 g/mol. The Morgan fingerprint density at radius 1 is 1.48 bits per heavy atom. The van der Waals surface area contributed by atoms with Gasteiger partial charge < -0.3 is 16.0 Å². The number of aromatic nitrogens is 1. The minimum absolute atomic E-state index is 0.115. The van der Waals surface area contributed by atoms with Crippen LogP contribution in [0.1, 0.15) is 36.2 Å². The first-order valence-corrected chi connectivity index (χ1v) is 10.4. The Morgan fingerprint density at radius 2 is 2.17 bits per heavy atom. The second-order valence-corrected chi connectivity index (χ2v) is 10.2. The third kappa shape index (κ3) is 3.06. The Kier molecular flexibility index (Phi) is 4.54. The third-order valence-electron chi connectivity index (χ3n) is 4.97. The van der Waals surface area contributed by atoms with Gasteiger partial charge in [-0.1, -0.05) is 11.6 Å². The number of nitrogens with one attached hydrogen (secondary N) is 2. The maximum absolute atomic E-state index is 12.4. The highest BCUT2D eigenvalue weighted by Crippen LogP contribution is 2.49. The fraction of sp³-hybridized carbons (Fsp3) is 0.643. The molecule has 2 aliphatic rings. The summed E-state index contributed by atoms with van der Waals surface area (Å²) in [5.74, 6) is 0.119. The predicted octanol–water partition coefficient (Wildman–Crippen LogP) is 1.85. The van der Waals surface area contributed by atoms with E-state index < -0.39 is 14.6 Å². The molecule has 1 spiro atoms. The smallest absolute Gasteiger partial charge is 0.267 e. The summed E-state index contributed by atoms with van der Waals surface area (Å²) in [6.45, 7) is 0.517. The van der Waals surface area contributed by atoms with Crippen LogP contribution in [0.5, 0.6) is 0 Å². The second-order valence-electron chi connectivity index (χ2n) is 6.52. The van der Waals surface area contributed by atoms with Crippen molar-refractivity contribution in [2.45, 2.75) is 36.5 Å². The number of hydrogen-bond acceptors (Lipinski definition) is 4. The van der Waals surface area contributed by atoms with Gasteiger partial charge in [-0.05, 0) is 60.1 Å². The van der Waals surface area contributed by atoms with E-state index in [0.717, 1.165) is 0 Å². The summed E-state index contributed by atoms with van der Waals surface area (Å²) < 4.78 is 24.7. The van der Waals surface area contributed by atoms with Gasteiger partial charge in [-0.15, -0.1) is 0 Å². The van der Waals surface area contributed by atoms with E-state index in [-0.39, 0.29) is 23.6 Å². The van der Waals surface area contributed by atoms with Crippen molar-refractivity contribution in [2.75, 3.05) is 12.3 Å². The highest BCUT2D eigenvalue weighted by Gasteiger charge is 2.56. The molecule has 1 aliphatic heterocycles. The van der Waals surface area contributed by atoms with Crippen molar-refractivity contribution in [1.82, 2.24) is 10.3 Å². The van der Waals surface area contributed by atoms with Crippen molar-refractivity contribution in [3.8, 4) is 0 Å². The Bertz CT molecular complexity index is 708. The lowest BCUT2D eigenvalue weighted by atomic mass is 9.70. The fourth-order valence-electron chi connectivity index (χ4n) is 3.68. The molecule has 1 saturated heterocycles. The van der Waals surface area contributed by atoms with Gasteiger partial charge in [-0.3, -0.25) is 4.79 Å². The van der Waals surface area contributed by atoms with Gasteiger partial charge in [0.25, 0.3) is 5.91 Å². The zero-order valence-corrected chi connectivity index (χ0v) is 15.6. The molecule has 6 nitrogen and oxygen atoms in total. The Balaban J connectivity index is 1.69. The highest BCUT2D eigenvalue weighted by atomic mass is 79.9. The van der Waals surface area contributed by atoms with Gasteiger partial charge in [0.1, 0.15) is 10.3 Å². The van der Waals surface area contributed by atoms with Crippen molar-refractivity contribution >= 4 is 43.3 Å². The summed E-state index contributed by atoms with van der Waals surface area (Å²) in [6.07, 6.45) is 2.13. The van der Waals surface area contributed by atoms with E-state index in [2.05, 4.69) is 26.2 Å². The number of nitrogens with two attached hydrogens (primary N) is 1. The number of amides is 1. The van der Waals surface area contributed by atoms with E-state index in [9.17, 15) is 13.2 Å². The third-order valence-corrected chi connectivity index (χ3v) is 8.72. The van der Waals surface area contributed by atoms with Gasteiger partial charge in [-0.2, -0.15) is 0 Å². The van der Waals surface area contributed by atoms with Crippen LogP contribution in [0.25, 0.3) is 0 Å². The molecule has 1 aliphatic carbocycles. The molecule has 128 valence electrons. The lowest BCUT2D eigenvalue weighted by Gasteiger charge is -2.50. The minimum atomic E-state index is -3.11. The summed E-state index contributed by atoms with van der Waals surface area (Å²) in [5.41, 5.74) is 5.99. The number of carbonyl (C=O) groups is 1. The molecule has 9 heteroatoms. The van der Waals surface area contributed by atoms with Gasteiger partial charge in [-0.25, -0.2) is 8.42 Å². The van der Waals surface area contributed by atoms with Crippen LogP contribution in [0.2, 0.25) is 5.02 Å². The molecular formula is C14H19BrClN3O3S. The lowest BCUT2D eigenvalue weighted by Crippen LogP contribution is -2.59. The van der Waals surface area contributed by atoms with Crippen LogP contribution in [0.4, 0.5) is 0 Å². The maximum atomic E-state index is 12.4. The average Bonchev–Trinajstić information content (AvgIpc) is 2.78. The summed E-state index contributed by atoms with van der Waals surface area (Å²) in [6, 6.07) is 1.40.